The zero-order valence-corrected chi connectivity index (χ0v) is 16.2. The number of carbonyl (C=O) groups excluding carboxylic acids is 1. The van der Waals surface area contributed by atoms with Gasteiger partial charge in [-0.2, -0.15) is 5.10 Å². The molecule has 1 fully saturated rings. The largest absolute Gasteiger partial charge is 0.444 e. The van der Waals surface area contributed by atoms with Crippen LogP contribution in [-0.4, -0.2) is 52.5 Å². The summed E-state index contributed by atoms with van der Waals surface area (Å²) >= 11 is 0. The molecule has 1 aromatic rings. The smallest absolute Gasteiger partial charge is 0.413 e. The first-order valence-corrected chi connectivity index (χ1v) is 9.26. The molecule has 0 spiro atoms. The zero-order valence-electron chi connectivity index (χ0n) is 16.2. The maximum Gasteiger partial charge on any atom is 0.413 e. The minimum Gasteiger partial charge on any atom is -0.444 e. The molecule has 1 aliphatic rings. The molecular weight excluding hydrogens is 318 g/mol. The number of aromatic nitrogens is 2. The van der Waals surface area contributed by atoms with Gasteiger partial charge >= 0.3 is 6.09 Å². The number of anilines is 1. The van der Waals surface area contributed by atoms with Crippen LogP contribution in [0.3, 0.4) is 0 Å². The van der Waals surface area contributed by atoms with E-state index >= 15 is 0 Å². The van der Waals surface area contributed by atoms with Crippen molar-refractivity contribution in [3.8, 4) is 0 Å². The van der Waals surface area contributed by atoms with Gasteiger partial charge < -0.3 is 15.0 Å². The van der Waals surface area contributed by atoms with Crippen LogP contribution in [0.2, 0.25) is 0 Å². The number of H-pyrrole nitrogens is 1. The van der Waals surface area contributed by atoms with Crippen LogP contribution in [0.1, 0.15) is 53.0 Å². The molecule has 1 amide bonds. The Bertz CT molecular complexity index is 552. The normalized spacial score (nSPS) is 20.3. The lowest BCUT2D eigenvalue weighted by Crippen LogP contribution is -2.44. The summed E-state index contributed by atoms with van der Waals surface area (Å²) < 4.78 is 5.29. The highest BCUT2D eigenvalue weighted by molar-refractivity contribution is 5.84. The molecule has 7 heteroatoms. The van der Waals surface area contributed by atoms with Gasteiger partial charge in [0.1, 0.15) is 11.4 Å². The summed E-state index contributed by atoms with van der Waals surface area (Å²) in [5.41, 5.74) is 0.407. The van der Waals surface area contributed by atoms with Crippen molar-refractivity contribution in [1.82, 2.24) is 20.4 Å². The summed E-state index contributed by atoms with van der Waals surface area (Å²) in [4.78, 5) is 14.4. The van der Waals surface area contributed by atoms with E-state index in [9.17, 15) is 4.79 Å². The third-order valence-electron chi connectivity index (χ3n) is 4.65. The molecule has 0 radical (unpaired) electrons. The number of rotatable bonds is 6. The first-order valence-electron chi connectivity index (χ1n) is 9.26. The first kappa shape index (κ1) is 19.7. The summed E-state index contributed by atoms with van der Waals surface area (Å²) in [6, 6.07) is 0.415. The Hall–Kier alpha value is -1.60. The van der Waals surface area contributed by atoms with Gasteiger partial charge in [-0.25, -0.2) is 4.79 Å². The summed E-state index contributed by atoms with van der Waals surface area (Å²) in [5.74, 6) is 1.25. The van der Waals surface area contributed by atoms with Gasteiger partial charge in [0.2, 0.25) is 0 Å². The van der Waals surface area contributed by atoms with Crippen molar-refractivity contribution in [3.63, 3.8) is 0 Å². The Balaban J connectivity index is 1.85. The van der Waals surface area contributed by atoms with Crippen LogP contribution >= 0.6 is 0 Å². The molecule has 2 atom stereocenters. The van der Waals surface area contributed by atoms with Crippen molar-refractivity contribution in [2.24, 2.45) is 5.92 Å². The van der Waals surface area contributed by atoms with Gasteiger partial charge in [0.05, 0.1) is 6.20 Å². The number of piperidine rings is 1. The zero-order chi connectivity index (χ0) is 18.4. The third-order valence-corrected chi connectivity index (χ3v) is 4.65. The fraction of sp³-hybridized carbons (Fsp3) is 0.778. The van der Waals surface area contributed by atoms with Crippen molar-refractivity contribution in [2.75, 3.05) is 25.0 Å². The molecule has 1 saturated heterocycles. The Morgan fingerprint density at radius 1 is 1.52 bits per heavy atom. The van der Waals surface area contributed by atoms with Gasteiger partial charge in [0.15, 0.2) is 0 Å². The summed E-state index contributed by atoms with van der Waals surface area (Å²) in [6.07, 6.45) is 3.80. The number of likely N-dealkylation sites (tertiary alicyclic amines) is 1. The molecule has 2 unspecified atom stereocenters. The second-order valence-corrected chi connectivity index (χ2v) is 7.86. The van der Waals surface area contributed by atoms with E-state index in [0.29, 0.717) is 24.3 Å². The number of ether oxygens (including phenoxy) is 1. The minimum atomic E-state index is -0.525. The third kappa shape index (κ3) is 6.32. The number of hydrogen-bond donors (Lipinski definition) is 3. The molecule has 1 aromatic heterocycles. The van der Waals surface area contributed by atoms with Gasteiger partial charge in [-0.1, -0.05) is 6.92 Å². The van der Waals surface area contributed by atoms with E-state index in [2.05, 4.69) is 39.6 Å². The summed E-state index contributed by atoms with van der Waals surface area (Å²) in [5, 5.41) is 13.2. The molecule has 2 heterocycles. The monoisotopic (exact) mass is 351 g/mol. The first-order chi connectivity index (χ1) is 11.8. The summed E-state index contributed by atoms with van der Waals surface area (Å²) in [6.45, 7) is 14.1. The van der Waals surface area contributed by atoms with E-state index in [4.69, 9.17) is 4.74 Å². The van der Waals surface area contributed by atoms with Crippen molar-refractivity contribution >= 4 is 11.9 Å². The molecular formula is C18H33N5O2. The lowest BCUT2D eigenvalue weighted by atomic mass is 9.91. The van der Waals surface area contributed by atoms with Crippen LogP contribution in [0.25, 0.3) is 0 Å². The molecule has 7 nitrogen and oxygen atoms in total. The highest BCUT2D eigenvalue weighted by atomic mass is 16.6. The lowest BCUT2D eigenvalue weighted by Gasteiger charge is -2.35. The predicted molar refractivity (Wildman–Crippen MR) is 99.6 cm³/mol. The number of nitrogens with one attached hydrogen (secondary N) is 3. The standard InChI is InChI=1S/C18H33N5O2/c1-6-23-9-7-8-14(12-23)13(2)19-10-15-11-20-22-16(15)21-17(24)25-18(3,4)5/h11,13-14,19H,6-10,12H2,1-5H3,(H2,20,21,22,24). The van der Waals surface area contributed by atoms with Crippen molar-refractivity contribution in [1.29, 1.82) is 0 Å². The number of aromatic amines is 1. The van der Waals surface area contributed by atoms with Crippen molar-refractivity contribution < 1.29 is 9.53 Å². The predicted octanol–water partition coefficient (Wildman–Crippen LogP) is 2.97. The maximum absolute atomic E-state index is 11.9. The van der Waals surface area contributed by atoms with E-state index in [-0.39, 0.29) is 0 Å². The van der Waals surface area contributed by atoms with Crippen molar-refractivity contribution in [3.05, 3.63) is 11.8 Å². The van der Waals surface area contributed by atoms with Gasteiger partial charge in [-0.3, -0.25) is 10.4 Å². The number of hydrogen-bond acceptors (Lipinski definition) is 5. The molecule has 0 bridgehead atoms. The van der Waals surface area contributed by atoms with E-state index in [1.807, 2.05) is 20.8 Å². The van der Waals surface area contributed by atoms with Gasteiger partial charge in [0, 0.05) is 24.7 Å². The average Bonchev–Trinajstić information content (AvgIpc) is 2.97. The molecule has 0 aromatic carbocycles. The van der Waals surface area contributed by atoms with E-state index in [0.717, 1.165) is 18.7 Å². The fourth-order valence-corrected chi connectivity index (χ4v) is 3.18. The highest BCUT2D eigenvalue weighted by Gasteiger charge is 2.24. The molecule has 1 aliphatic heterocycles. The molecule has 2 rings (SSSR count). The molecule has 25 heavy (non-hydrogen) atoms. The van der Waals surface area contributed by atoms with E-state index < -0.39 is 11.7 Å². The molecule has 3 N–H and O–H groups in total. The van der Waals surface area contributed by atoms with Gasteiger partial charge in [-0.15, -0.1) is 0 Å². The van der Waals surface area contributed by atoms with Crippen LogP contribution in [0.15, 0.2) is 6.20 Å². The van der Waals surface area contributed by atoms with Crippen LogP contribution in [0, 0.1) is 5.92 Å². The Kier molecular flexibility index (Phi) is 6.84. The topological polar surface area (TPSA) is 82.3 Å². The van der Waals surface area contributed by atoms with Crippen LogP contribution in [-0.2, 0) is 11.3 Å². The lowest BCUT2D eigenvalue weighted by molar-refractivity contribution is 0.0635. The Labute approximate surface area is 150 Å². The fourth-order valence-electron chi connectivity index (χ4n) is 3.18. The molecule has 0 aliphatic carbocycles. The average molecular weight is 351 g/mol. The number of amides is 1. The Morgan fingerprint density at radius 3 is 2.96 bits per heavy atom. The highest BCUT2D eigenvalue weighted by Crippen LogP contribution is 2.20. The molecule has 142 valence electrons. The van der Waals surface area contributed by atoms with Crippen molar-refractivity contribution in [2.45, 2.75) is 65.6 Å². The number of carbonyl (C=O) groups is 1. The SMILES string of the molecule is CCN1CCCC(C(C)NCc2cn[nH]c2NC(=O)OC(C)(C)C)C1. The maximum atomic E-state index is 11.9. The molecule has 0 saturated carbocycles. The van der Waals surface area contributed by atoms with Gasteiger partial charge in [-0.05, 0) is 59.5 Å². The van der Waals surface area contributed by atoms with Crippen LogP contribution < -0.4 is 10.6 Å². The number of nitrogens with zero attached hydrogens (tertiary/aromatic N) is 2. The van der Waals surface area contributed by atoms with Crippen LogP contribution in [0.4, 0.5) is 10.6 Å². The van der Waals surface area contributed by atoms with E-state index in [1.54, 1.807) is 6.20 Å². The minimum absolute atomic E-state index is 0.415. The Morgan fingerprint density at radius 2 is 2.28 bits per heavy atom. The van der Waals surface area contributed by atoms with E-state index in [1.165, 1.54) is 19.4 Å². The van der Waals surface area contributed by atoms with Crippen LogP contribution in [0.5, 0.6) is 0 Å². The second-order valence-electron chi connectivity index (χ2n) is 7.86. The second kappa shape index (κ2) is 8.67. The summed E-state index contributed by atoms with van der Waals surface area (Å²) in [7, 11) is 0. The quantitative estimate of drug-likeness (QED) is 0.734. The van der Waals surface area contributed by atoms with Gasteiger partial charge in [0.25, 0.3) is 0 Å².